The predicted octanol–water partition coefficient (Wildman–Crippen LogP) is 3.09. The quantitative estimate of drug-likeness (QED) is 0.856. The number of pyridine rings is 1. The Bertz CT molecular complexity index is 327. The molecule has 3 heteroatoms. The van der Waals surface area contributed by atoms with E-state index in [1.807, 2.05) is 12.3 Å². The topological polar surface area (TPSA) is 24.9 Å². The van der Waals surface area contributed by atoms with E-state index in [1.54, 1.807) is 0 Å². The van der Waals surface area contributed by atoms with Gasteiger partial charge in [0.05, 0.1) is 0 Å². The molecule has 1 aromatic heterocycles. The maximum absolute atomic E-state index is 4.29. The normalized spacial score (nSPS) is 22.6. The summed E-state index contributed by atoms with van der Waals surface area (Å²) in [7, 11) is 0. The van der Waals surface area contributed by atoms with Crippen LogP contribution in [-0.2, 0) is 6.54 Å². The summed E-state index contributed by atoms with van der Waals surface area (Å²) in [6.07, 6.45) is 5.92. The number of nitrogens with zero attached hydrogens (tertiary/aromatic N) is 1. The average molecular weight is 241 g/mol. The molecule has 1 aliphatic carbocycles. The fourth-order valence-corrected chi connectivity index (χ4v) is 2.13. The SMILES string of the molecule is CCCC1CC1NCc1cccnc1C.Cl. The first-order valence-corrected chi connectivity index (χ1v) is 5.95. The van der Waals surface area contributed by atoms with Crippen molar-refractivity contribution < 1.29 is 0 Å². The van der Waals surface area contributed by atoms with E-state index in [-0.39, 0.29) is 12.4 Å². The van der Waals surface area contributed by atoms with Gasteiger partial charge in [-0.25, -0.2) is 0 Å². The van der Waals surface area contributed by atoms with Crippen LogP contribution < -0.4 is 5.32 Å². The second-order valence-corrected chi connectivity index (χ2v) is 4.52. The highest BCUT2D eigenvalue weighted by Crippen LogP contribution is 2.34. The molecule has 2 unspecified atom stereocenters. The van der Waals surface area contributed by atoms with E-state index < -0.39 is 0 Å². The van der Waals surface area contributed by atoms with Crippen molar-refractivity contribution in [3.8, 4) is 0 Å². The van der Waals surface area contributed by atoms with Crippen LogP contribution in [0.15, 0.2) is 18.3 Å². The van der Waals surface area contributed by atoms with Gasteiger partial charge in [-0.05, 0) is 37.3 Å². The second kappa shape index (κ2) is 6.21. The summed E-state index contributed by atoms with van der Waals surface area (Å²) in [6.45, 7) is 5.32. The largest absolute Gasteiger partial charge is 0.310 e. The molecule has 0 bridgehead atoms. The van der Waals surface area contributed by atoms with Crippen molar-refractivity contribution in [3.63, 3.8) is 0 Å². The Kier molecular flexibility index (Phi) is 5.23. The number of nitrogens with one attached hydrogen (secondary N) is 1. The molecule has 1 heterocycles. The van der Waals surface area contributed by atoms with Crippen molar-refractivity contribution in [2.24, 2.45) is 5.92 Å². The average Bonchev–Trinajstić information content (AvgIpc) is 2.96. The van der Waals surface area contributed by atoms with Gasteiger partial charge in [0, 0.05) is 24.5 Å². The van der Waals surface area contributed by atoms with E-state index in [9.17, 15) is 0 Å². The van der Waals surface area contributed by atoms with Gasteiger partial charge in [-0.2, -0.15) is 0 Å². The fourth-order valence-electron chi connectivity index (χ4n) is 2.13. The summed E-state index contributed by atoms with van der Waals surface area (Å²) < 4.78 is 0. The second-order valence-electron chi connectivity index (χ2n) is 4.52. The number of hydrogen-bond donors (Lipinski definition) is 1. The molecule has 1 aromatic rings. The van der Waals surface area contributed by atoms with Gasteiger partial charge < -0.3 is 5.32 Å². The molecule has 1 saturated carbocycles. The Morgan fingerprint density at radius 1 is 1.50 bits per heavy atom. The lowest BCUT2D eigenvalue weighted by Gasteiger charge is -2.06. The first-order chi connectivity index (χ1) is 7.31. The van der Waals surface area contributed by atoms with E-state index in [1.165, 1.54) is 24.8 Å². The number of rotatable bonds is 5. The zero-order valence-electron chi connectivity index (χ0n) is 10.1. The molecule has 1 N–H and O–H groups in total. The van der Waals surface area contributed by atoms with Crippen LogP contribution in [0.1, 0.15) is 37.4 Å². The van der Waals surface area contributed by atoms with E-state index >= 15 is 0 Å². The van der Waals surface area contributed by atoms with Crippen LogP contribution in [0.4, 0.5) is 0 Å². The monoisotopic (exact) mass is 240 g/mol. The van der Waals surface area contributed by atoms with Gasteiger partial charge in [-0.15, -0.1) is 12.4 Å². The summed E-state index contributed by atoms with van der Waals surface area (Å²) >= 11 is 0. The van der Waals surface area contributed by atoms with Crippen LogP contribution in [-0.4, -0.2) is 11.0 Å². The Labute approximate surface area is 104 Å². The first-order valence-electron chi connectivity index (χ1n) is 5.95. The molecule has 0 radical (unpaired) electrons. The Morgan fingerprint density at radius 3 is 3.00 bits per heavy atom. The summed E-state index contributed by atoms with van der Waals surface area (Å²) in [5, 5.41) is 3.61. The minimum Gasteiger partial charge on any atom is -0.310 e. The number of aryl methyl sites for hydroxylation is 1. The lowest BCUT2D eigenvalue weighted by molar-refractivity contribution is 0.597. The van der Waals surface area contributed by atoms with Crippen molar-refractivity contribution in [1.82, 2.24) is 10.3 Å². The predicted molar refractivity (Wildman–Crippen MR) is 69.9 cm³/mol. The fraction of sp³-hybridized carbons (Fsp3) is 0.615. The lowest BCUT2D eigenvalue weighted by atomic mass is 10.2. The standard InChI is InChI=1S/C13H20N2.ClH/c1-3-5-11-8-13(11)15-9-12-6-4-7-14-10(12)2;/h4,6-7,11,13,15H,3,5,8-9H2,1-2H3;1H. The smallest absolute Gasteiger partial charge is 0.0417 e. The molecule has 90 valence electrons. The molecule has 0 amide bonds. The minimum atomic E-state index is 0. The third-order valence-electron chi connectivity index (χ3n) is 3.25. The molecule has 0 spiro atoms. The Morgan fingerprint density at radius 2 is 2.31 bits per heavy atom. The molecule has 2 rings (SSSR count). The third-order valence-corrected chi connectivity index (χ3v) is 3.25. The first kappa shape index (κ1) is 13.5. The summed E-state index contributed by atoms with van der Waals surface area (Å²) in [6, 6.07) is 4.94. The van der Waals surface area contributed by atoms with Crippen LogP contribution in [0.25, 0.3) is 0 Å². The zero-order chi connectivity index (χ0) is 10.7. The Balaban J connectivity index is 0.00000128. The Hall–Kier alpha value is -0.600. The number of halogens is 1. The molecule has 0 saturated heterocycles. The lowest BCUT2D eigenvalue weighted by Crippen LogP contribution is -2.18. The highest BCUT2D eigenvalue weighted by molar-refractivity contribution is 5.85. The molecular formula is C13H21ClN2. The molecule has 1 fully saturated rings. The van der Waals surface area contributed by atoms with Crippen LogP contribution in [0, 0.1) is 12.8 Å². The van der Waals surface area contributed by atoms with Gasteiger partial charge >= 0.3 is 0 Å². The van der Waals surface area contributed by atoms with Crippen molar-refractivity contribution in [1.29, 1.82) is 0 Å². The van der Waals surface area contributed by atoms with E-state index in [4.69, 9.17) is 0 Å². The molecule has 2 nitrogen and oxygen atoms in total. The van der Waals surface area contributed by atoms with Crippen LogP contribution in [0.2, 0.25) is 0 Å². The maximum atomic E-state index is 4.29. The van der Waals surface area contributed by atoms with Crippen molar-refractivity contribution in [2.75, 3.05) is 0 Å². The zero-order valence-corrected chi connectivity index (χ0v) is 10.9. The van der Waals surface area contributed by atoms with Crippen LogP contribution in [0.3, 0.4) is 0 Å². The van der Waals surface area contributed by atoms with Crippen molar-refractivity contribution >= 4 is 12.4 Å². The maximum Gasteiger partial charge on any atom is 0.0417 e. The van der Waals surface area contributed by atoms with Gasteiger partial charge in [0.2, 0.25) is 0 Å². The minimum absolute atomic E-state index is 0. The van der Waals surface area contributed by atoms with Crippen LogP contribution >= 0.6 is 12.4 Å². The molecule has 0 aromatic carbocycles. The van der Waals surface area contributed by atoms with Crippen molar-refractivity contribution in [2.45, 2.75) is 45.7 Å². The van der Waals surface area contributed by atoms with E-state index in [0.717, 1.165) is 24.2 Å². The van der Waals surface area contributed by atoms with E-state index in [2.05, 4.69) is 30.2 Å². The van der Waals surface area contributed by atoms with Gasteiger partial charge in [-0.1, -0.05) is 19.4 Å². The van der Waals surface area contributed by atoms with E-state index in [0.29, 0.717) is 0 Å². The number of hydrogen-bond acceptors (Lipinski definition) is 2. The molecule has 2 atom stereocenters. The van der Waals surface area contributed by atoms with Gasteiger partial charge in [-0.3, -0.25) is 4.98 Å². The summed E-state index contributed by atoms with van der Waals surface area (Å²) in [4.78, 5) is 4.29. The summed E-state index contributed by atoms with van der Waals surface area (Å²) in [5.41, 5.74) is 2.48. The molecule has 0 aliphatic heterocycles. The number of aromatic nitrogens is 1. The third kappa shape index (κ3) is 3.46. The van der Waals surface area contributed by atoms with Crippen molar-refractivity contribution in [3.05, 3.63) is 29.6 Å². The van der Waals surface area contributed by atoms with Gasteiger partial charge in [0.15, 0.2) is 0 Å². The summed E-state index contributed by atoms with van der Waals surface area (Å²) in [5.74, 6) is 0.937. The van der Waals surface area contributed by atoms with Gasteiger partial charge in [0.1, 0.15) is 0 Å². The van der Waals surface area contributed by atoms with Gasteiger partial charge in [0.25, 0.3) is 0 Å². The molecule has 16 heavy (non-hydrogen) atoms. The van der Waals surface area contributed by atoms with Crippen LogP contribution in [0.5, 0.6) is 0 Å². The molecular weight excluding hydrogens is 220 g/mol. The highest BCUT2D eigenvalue weighted by Gasteiger charge is 2.35. The molecule has 1 aliphatic rings. The highest BCUT2D eigenvalue weighted by atomic mass is 35.5.